The molecular formula is C12H18BrFN2O2S2. The lowest BCUT2D eigenvalue weighted by Gasteiger charge is -2.10. The van der Waals surface area contributed by atoms with Gasteiger partial charge in [0.1, 0.15) is 10.7 Å². The number of halogens is 2. The van der Waals surface area contributed by atoms with E-state index < -0.39 is 15.8 Å². The van der Waals surface area contributed by atoms with Crippen molar-refractivity contribution in [3.05, 3.63) is 28.0 Å². The molecule has 0 heterocycles. The van der Waals surface area contributed by atoms with E-state index >= 15 is 0 Å². The molecule has 0 radical (unpaired) electrons. The minimum absolute atomic E-state index is 0.0541. The molecule has 0 saturated carbocycles. The van der Waals surface area contributed by atoms with Gasteiger partial charge in [-0.3, -0.25) is 0 Å². The first-order valence-electron chi connectivity index (χ1n) is 6.09. The fourth-order valence-corrected chi connectivity index (χ4v) is 3.99. The molecule has 3 N–H and O–H groups in total. The lowest BCUT2D eigenvalue weighted by molar-refractivity contribution is 0.548. The second-order valence-corrected chi connectivity index (χ2v) is 7.82. The molecule has 8 heteroatoms. The molecule has 114 valence electrons. The Balaban J connectivity index is 2.84. The Labute approximate surface area is 131 Å². The smallest absolute Gasteiger partial charge is 0.243 e. The van der Waals surface area contributed by atoms with E-state index in [4.69, 9.17) is 5.73 Å². The van der Waals surface area contributed by atoms with E-state index in [2.05, 4.69) is 20.7 Å². The Hall–Kier alpha value is -0.150. The lowest BCUT2D eigenvalue weighted by Crippen LogP contribution is -2.26. The van der Waals surface area contributed by atoms with Crippen molar-refractivity contribution in [1.82, 2.24) is 4.72 Å². The van der Waals surface area contributed by atoms with E-state index in [1.807, 2.05) is 6.26 Å². The van der Waals surface area contributed by atoms with Crippen molar-refractivity contribution in [3.63, 3.8) is 0 Å². The van der Waals surface area contributed by atoms with Gasteiger partial charge >= 0.3 is 0 Å². The van der Waals surface area contributed by atoms with Crippen molar-refractivity contribution in [3.8, 4) is 0 Å². The third-order valence-corrected chi connectivity index (χ3v) is 5.27. The summed E-state index contributed by atoms with van der Waals surface area (Å²) in [6.07, 6.45) is 3.63. The van der Waals surface area contributed by atoms with Crippen LogP contribution in [-0.2, 0) is 16.6 Å². The second-order valence-electron chi connectivity index (χ2n) is 4.18. The minimum atomic E-state index is -3.85. The molecule has 1 aromatic carbocycles. The van der Waals surface area contributed by atoms with E-state index in [0.29, 0.717) is 11.0 Å². The molecule has 4 nitrogen and oxygen atoms in total. The average Bonchev–Trinajstić information content (AvgIpc) is 2.40. The first-order valence-corrected chi connectivity index (χ1v) is 9.76. The van der Waals surface area contributed by atoms with Gasteiger partial charge in [-0.25, -0.2) is 17.5 Å². The summed E-state index contributed by atoms with van der Waals surface area (Å²) in [5.74, 6) is 0.192. The third-order valence-electron chi connectivity index (χ3n) is 2.66. The number of unbranched alkanes of at least 4 members (excludes halogenated alkanes) is 1. The molecule has 0 unspecified atom stereocenters. The number of benzene rings is 1. The number of hydrogen-bond donors (Lipinski definition) is 2. The van der Waals surface area contributed by atoms with E-state index in [9.17, 15) is 12.8 Å². The maximum absolute atomic E-state index is 14.1. The quantitative estimate of drug-likeness (QED) is 0.675. The van der Waals surface area contributed by atoms with Crippen LogP contribution in [0, 0.1) is 5.82 Å². The SMILES string of the molecule is CSCCCCNS(=O)(=O)c1cc(Br)cc(CN)c1F. The Bertz CT molecular complexity index is 553. The molecule has 0 aliphatic rings. The Morgan fingerprint density at radius 3 is 2.70 bits per heavy atom. The van der Waals surface area contributed by atoms with Gasteiger partial charge in [-0.2, -0.15) is 11.8 Å². The largest absolute Gasteiger partial charge is 0.326 e. The number of hydrogen-bond acceptors (Lipinski definition) is 4. The van der Waals surface area contributed by atoms with Gasteiger partial charge in [0.2, 0.25) is 10.0 Å². The highest BCUT2D eigenvalue weighted by Gasteiger charge is 2.21. The molecule has 1 aromatic rings. The highest BCUT2D eigenvalue weighted by atomic mass is 79.9. The maximum atomic E-state index is 14.1. The summed E-state index contributed by atoms with van der Waals surface area (Å²) in [6, 6.07) is 2.73. The van der Waals surface area contributed by atoms with Gasteiger partial charge in [0.25, 0.3) is 0 Å². The summed E-state index contributed by atoms with van der Waals surface area (Å²) >= 11 is 4.87. The van der Waals surface area contributed by atoms with Crippen LogP contribution in [0.2, 0.25) is 0 Å². The average molecular weight is 385 g/mol. The third kappa shape index (κ3) is 5.00. The van der Waals surface area contributed by atoms with Crippen LogP contribution < -0.4 is 10.5 Å². The molecule has 0 saturated heterocycles. The van der Waals surface area contributed by atoms with Crippen LogP contribution in [0.4, 0.5) is 4.39 Å². The molecule has 0 amide bonds. The zero-order chi connectivity index (χ0) is 15.2. The van der Waals surface area contributed by atoms with Gasteiger partial charge in [0.05, 0.1) is 0 Å². The summed E-state index contributed by atoms with van der Waals surface area (Å²) in [5.41, 5.74) is 5.58. The maximum Gasteiger partial charge on any atom is 0.243 e. The van der Waals surface area contributed by atoms with Crippen molar-refractivity contribution < 1.29 is 12.8 Å². The Kier molecular flexibility index (Phi) is 7.46. The summed E-state index contributed by atoms with van der Waals surface area (Å²) in [6.45, 7) is 0.244. The van der Waals surface area contributed by atoms with Gasteiger partial charge in [0.15, 0.2) is 0 Å². The first kappa shape index (κ1) is 17.9. The molecular weight excluding hydrogens is 367 g/mol. The summed E-state index contributed by atoms with van der Waals surface area (Å²) < 4.78 is 41.1. The number of thioether (sulfide) groups is 1. The number of sulfonamides is 1. The molecule has 1 rings (SSSR count). The molecule has 0 aromatic heterocycles. The number of rotatable bonds is 8. The fraction of sp³-hybridized carbons (Fsp3) is 0.500. The van der Waals surface area contributed by atoms with Crippen molar-refractivity contribution in [2.45, 2.75) is 24.3 Å². The topological polar surface area (TPSA) is 72.2 Å². The lowest BCUT2D eigenvalue weighted by atomic mass is 10.2. The van der Waals surface area contributed by atoms with Crippen molar-refractivity contribution in [1.29, 1.82) is 0 Å². The van der Waals surface area contributed by atoms with Crippen LogP contribution in [0.15, 0.2) is 21.5 Å². The highest BCUT2D eigenvalue weighted by molar-refractivity contribution is 9.10. The predicted molar refractivity (Wildman–Crippen MR) is 84.8 cm³/mol. The van der Waals surface area contributed by atoms with E-state index in [-0.39, 0.29) is 17.0 Å². The van der Waals surface area contributed by atoms with Crippen molar-refractivity contribution in [2.24, 2.45) is 5.73 Å². The highest BCUT2D eigenvalue weighted by Crippen LogP contribution is 2.23. The van der Waals surface area contributed by atoms with Crippen LogP contribution >= 0.6 is 27.7 Å². The van der Waals surface area contributed by atoms with E-state index in [0.717, 1.165) is 18.6 Å². The monoisotopic (exact) mass is 384 g/mol. The van der Waals surface area contributed by atoms with Gasteiger partial charge in [-0.05, 0) is 37.0 Å². The Morgan fingerprint density at radius 1 is 1.40 bits per heavy atom. The molecule has 0 atom stereocenters. The van der Waals surface area contributed by atoms with Gasteiger partial charge in [0, 0.05) is 23.1 Å². The Morgan fingerprint density at radius 2 is 2.10 bits per heavy atom. The van der Waals surface area contributed by atoms with Gasteiger partial charge < -0.3 is 5.73 Å². The van der Waals surface area contributed by atoms with Gasteiger partial charge in [-0.1, -0.05) is 15.9 Å². The summed E-state index contributed by atoms with van der Waals surface area (Å²) in [5, 5.41) is 0. The predicted octanol–water partition coefficient (Wildman–Crippen LogP) is 2.47. The van der Waals surface area contributed by atoms with Crippen LogP contribution in [-0.4, -0.2) is 27.0 Å². The zero-order valence-electron chi connectivity index (χ0n) is 11.2. The van der Waals surface area contributed by atoms with Crippen LogP contribution in [0.25, 0.3) is 0 Å². The van der Waals surface area contributed by atoms with Crippen molar-refractivity contribution in [2.75, 3.05) is 18.6 Å². The fourth-order valence-electron chi connectivity index (χ4n) is 1.62. The zero-order valence-corrected chi connectivity index (χ0v) is 14.4. The number of nitrogens with two attached hydrogens (primary N) is 1. The summed E-state index contributed by atoms with van der Waals surface area (Å²) in [4.78, 5) is -0.364. The minimum Gasteiger partial charge on any atom is -0.326 e. The summed E-state index contributed by atoms with van der Waals surface area (Å²) in [7, 11) is -3.85. The standard InChI is InChI=1S/C12H18BrFN2O2S2/c1-19-5-3-2-4-16-20(17,18)11-7-10(13)6-9(8-15)12(11)14/h6-7,16H,2-5,8,15H2,1H3. The molecule has 0 spiro atoms. The molecule has 0 fully saturated rings. The second kappa shape index (κ2) is 8.33. The normalized spacial score (nSPS) is 11.8. The van der Waals surface area contributed by atoms with E-state index in [1.54, 1.807) is 11.8 Å². The van der Waals surface area contributed by atoms with Gasteiger partial charge in [-0.15, -0.1) is 0 Å². The number of nitrogens with one attached hydrogen (secondary N) is 1. The molecule has 0 bridgehead atoms. The first-order chi connectivity index (χ1) is 9.42. The molecule has 20 heavy (non-hydrogen) atoms. The molecule has 0 aliphatic heterocycles. The van der Waals surface area contributed by atoms with Crippen LogP contribution in [0.5, 0.6) is 0 Å². The van der Waals surface area contributed by atoms with Crippen LogP contribution in [0.1, 0.15) is 18.4 Å². The molecule has 0 aliphatic carbocycles. The van der Waals surface area contributed by atoms with Crippen molar-refractivity contribution >= 4 is 37.7 Å². The van der Waals surface area contributed by atoms with E-state index in [1.165, 1.54) is 12.1 Å². The van der Waals surface area contributed by atoms with Crippen LogP contribution in [0.3, 0.4) is 0 Å².